The van der Waals surface area contributed by atoms with Gasteiger partial charge in [0.2, 0.25) is 5.91 Å². The SMILES string of the molecule is CC1CCCN(CC(=O)Nc2cc(F)ccc2N)CC1. The lowest BCUT2D eigenvalue weighted by atomic mass is 10.0. The van der Waals surface area contributed by atoms with Crippen molar-refractivity contribution in [2.45, 2.75) is 26.2 Å². The fraction of sp³-hybridized carbons (Fsp3) is 0.533. The fourth-order valence-electron chi connectivity index (χ4n) is 2.51. The molecule has 0 radical (unpaired) electrons. The van der Waals surface area contributed by atoms with Gasteiger partial charge in [-0.1, -0.05) is 6.92 Å². The van der Waals surface area contributed by atoms with Crippen LogP contribution in [0.1, 0.15) is 26.2 Å². The lowest BCUT2D eigenvalue weighted by Crippen LogP contribution is -2.34. The molecule has 5 heteroatoms. The van der Waals surface area contributed by atoms with Crippen molar-refractivity contribution in [2.75, 3.05) is 30.7 Å². The maximum Gasteiger partial charge on any atom is 0.238 e. The molecule has 1 heterocycles. The van der Waals surface area contributed by atoms with Gasteiger partial charge in [0.05, 0.1) is 17.9 Å². The summed E-state index contributed by atoms with van der Waals surface area (Å²) in [7, 11) is 0. The Morgan fingerprint density at radius 3 is 3.05 bits per heavy atom. The first-order valence-electron chi connectivity index (χ1n) is 7.12. The van der Waals surface area contributed by atoms with Crippen molar-refractivity contribution in [1.82, 2.24) is 4.90 Å². The van der Waals surface area contributed by atoms with Crippen LogP contribution in [0.15, 0.2) is 18.2 Å². The Balaban J connectivity index is 1.90. The zero-order valence-electron chi connectivity index (χ0n) is 11.9. The van der Waals surface area contributed by atoms with E-state index in [1.165, 1.54) is 24.6 Å². The number of hydrogen-bond acceptors (Lipinski definition) is 3. The highest BCUT2D eigenvalue weighted by Crippen LogP contribution is 2.20. The third kappa shape index (κ3) is 4.20. The third-order valence-electron chi connectivity index (χ3n) is 3.77. The van der Waals surface area contributed by atoms with Crippen molar-refractivity contribution in [3.8, 4) is 0 Å². The van der Waals surface area contributed by atoms with Gasteiger partial charge in [0, 0.05) is 0 Å². The Morgan fingerprint density at radius 1 is 1.45 bits per heavy atom. The molecular weight excluding hydrogens is 257 g/mol. The van der Waals surface area contributed by atoms with E-state index in [0.29, 0.717) is 17.9 Å². The van der Waals surface area contributed by atoms with Gasteiger partial charge in [-0.3, -0.25) is 9.69 Å². The van der Waals surface area contributed by atoms with E-state index in [1.54, 1.807) is 0 Å². The van der Waals surface area contributed by atoms with Crippen LogP contribution in [-0.2, 0) is 4.79 Å². The van der Waals surface area contributed by atoms with Crippen molar-refractivity contribution >= 4 is 17.3 Å². The van der Waals surface area contributed by atoms with Crippen LogP contribution in [-0.4, -0.2) is 30.4 Å². The Bertz CT molecular complexity index is 478. The summed E-state index contributed by atoms with van der Waals surface area (Å²) in [5.74, 6) is 0.178. The summed E-state index contributed by atoms with van der Waals surface area (Å²) >= 11 is 0. The van der Waals surface area contributed by atoms with E-state index < -0.39 is 5.82 Å². The minimum absolute atomic E-state index is 0.142. The monoisotopic (exact) mass is 279 g/mol. The number of rotatable bonds is 3. The lowest BCUT2D eigenvalue weighted by molar-refractivity contribution is -0.117. The minimum Gasteiger partial charge on any atom is -0.397 e. The first-order valence-corrected chi connectivity index (χ1v) is 7.12. The molecule has 0 spiro atoms. The number of carbonyl (C=O) groups excluding carboxylic acids is 1. The van der Waals surface area contributed by atoms with Gasteiger partial charge >= 0.3 is 0 Å². The van der Waals surface area contributed by atoms with E-state index in [2.05, 4.69) is 17.1 Å². The largest absolute Gasteiger partial charge is 0.397 e. The van der Waals surface area contributed by atoms with Crippen molar-refractivity contribution in [1.29, 1.82) is 0 Å². The molecule has 1 aliphatic heterocycles. The quantitative estimate of drug-likeness (QED) is 0.836. The molecule has 0 aromatic heterocycles. The van der Waals surface area contributed by atoms with Gasteiger partial charge in [0.25, 0.3) is 0 Å². The second-order valence-corrected chi connectivity index (χ2v) is 5.59. The van der Waals surface area contributed by atoms with Gasteiger partial charge in [-0.05, 0) is 56.5 Å². The number of nitrogens with one attached hydrogen (secondary N) is 1. The number of nitrogens with zero attached hydrogens (tertiary/aromatic N) is 1. The molecule has 1 unspecified atom stereocenters. The lowest BCUT2D eigenvalue weighted by Gasteiger charge is -2.19. The van der Waals surface area contributed by atoms with Crippen LogP contribution in [0, 0.1) is 11.7 Å². The first-order chi connectivity index (χ1) is 9.54. The molecule has 1 fully saturated rings. The highest BCUT2D eigenvalue weighted by molar-refractivity contribution is 5.95. The summed E-state index contributed by atoms with van der Waals surface area (Å²) in [4.78, 5) is 14.2. The molecule has 0 saturated carbocycles. The Kier molecular flexibility index (Phi) is 4.95. The Morgan fingerprint density at radius 2 is 2.25 bits per heavy atom. The first kappa shape index (κ1) is 14.8. The number of amides is 1. The van der Waals surface area contributed by atoms with Crippen LogP contribution in [0.4, 0.5) is 15.8 Å². The standard InChI is InChI=1S/C15H22FN3O/c1-11-3-2-7-19(8-6-11)10-15(20)18-14-9-12(16)4-5-13(14)17/h4-5,9,11H,2-3,6-8,10,17H2,1H3,(H,18,20). The normalized spacial score (nSPS) is 20.4. The van der Waals surface area contributed by atoms with E-state index in [-0.39, 0.29) is 5.91 Å². The van der Waals surface area contributed by atoms with Crippen molar-refractivity contribution in [3.05, 3.63) is 24.0 Å². The second kappa shape index (κ2) is 6.70. The number of hydrogen-bond donors (Lipinski definition) is 2. The average molecular weight is 279 g/mol. The molecule has 1 aromatic carbocycles. The van der Waals surface area contributed by atoms with Crippen molar-refractivity contribution in [2.24, 2.45) is 5.92 Å². The summed E-state index contributed by atoms with van der Waals surface area (Å²) in [6, 6.07) is 3.98. The number of halogens is 1. The minimum atomic E-state index is -0.405. The molecule has 3 N–H and O–H groups in total. The molecule has 110 valence electrons. The summed E-state index contributed by atoms with van der Waals surface area (Å²) in [5.41, 5.74) is 6.44. The zero-order valence-corrected chi connectivity index (χ0v) is 11.9. The number of nitrogen functional groups attached to an aromatic ring is 1. The summed E-state index contributed by atoms with van der Waals surface area (Å²) in [5, 5.41) is 2.68. The zero-order chi connectivity index (χ0) is 14.5. The van der Waals surface area contributed by atoms with Gasteiger partial charge in [-0.25, -0.2) is 4.39 Å². The summed E-state index contributed by atoms with van der Waals surface area (Å²) in [6.45, 7) is 4.46. The van der Waals surface area contributed by atoms with E-state index in [4.69, 9.17) is 5.73 Å². The average Bonchev–Trinajstić information content (AvgIpc) is 2.59. The van der Waals surface area contributed by atoms with Gasteiger partial charge in [0.15, 0.2) is 0 Å². The number of carbonyl (C=O) groups is 1. The molecule has 1 saturated heterocycles. The van der Waals surface area contributed by atoms with Crippen molar-refractivity contribution in [3.63, 3.8) is 0 Å². The molecule has 4 nitrogen and oxygen atoms in total. The van der Waals surface area contributed by atoms with Crippen LogP contribution in [0.25, 0.3) is 0 Å². The van der Waals surface area contributed by atoms with E-state index in [0.717, 1.165) is 31.8 Å². The molecule has 0 aliphatic carbocycles. The Labute approximate surface area is 119 Å². The summed E-state index contributed by atoms with van der Waals surface area (Å²) in [6.07, 6.45) is 3.46. The van der Waals surface area contributed by atoms with Crippen LogP contribution >= 0.6 is 0 Å². The van der Waals surface area contributed by atoms with Gasteiger partial charge < -0.3 is 11.1 Å². The highest BCUT2D eigenvalue weighted by atomic mass is 19.1. The predicted octanol–water partition coefficient (Wildman–Crippen LogP) is 2.47. The smallest absolute Gasteiger partial charge is 0.238 e. The fourth-order valence-corrected chi connectivity index (χ4v) is 2.51. The maximum atomic E-state index is 13.1. The molecule has 0 bridgehead atoms. The molecule has 1 aliphatic rings. The van der Waals surface area contributed by atoms with Gasteiger partial charge in [-0.15, -0.1) is 0 Å². The van der Waals surface area contributed by atoms with Crippen LogP contribution in [0.2, 0.25) is 0 Å². The van der Waals surface area contributed by atoms with Gasteiger partial charge in [0.1, 0.15) is 5.82 Å². The predicted molar refractivity (Wildman–Crippen MR) is 78.9 cm³/mol. The van der Waals surface area contributed by atoms with Gasteiger partial charge in [-0.2, -0.15) is 0 Å². The number of benzene rings is 1. The highest BCUT2D eigenvalue weighted by Gasteiger charge is 2.16. The molecule has 1 amide bonds. The van der Waals surface area contributed by atoms with Crippen molar-refractivity contribution < 1.29 is 9.18 Å². The van der Waals surface area contributed by atoms with E-state index in [9.17, 15) is 9.18 Å². The molecule has 20 heavy (non-hydrogen) atoms. The molecule has 2 rings (SSSR count). The van der Waals surface area contributed by atoms with Crippen LogP contribution in [0.3, 0.4) is 0 Å². The topological polar surface area (TPSA) is 58.4 Å². The molecular formula is C15H22FN3O. The number of anilines is 2. The van der Waals surface area contributed by atoms with Crippen LogP contribution < -0.4 is 11.1 Å². The third-order valence-corrected chi connectivity index (χ3v) is 3.77. The number of likely N-dealkylation sites (tertiary alicyclic amines) is 1. The maximum absolute atomic E-state index is 13.1. The van der Waals surface area contributed by atoms with E-state index >= 15 is 0 Å². The molecule has 1 atom stereocenters. The number of nitrogens with two attached hydrogens (primary N) is 1. The van der Waals surface area contributed by atoms with E-state index in [1.807, 2.05) is 0 Å². The Hall–Kier alpha value is -1.62. The summed E-state index contributed by atoms with van der Waals surface area (Å²) < 4.78 is 13.1. The second-order valence-electron chi connectivity index (χ2n) is 5.59. The molecule has 1 aromatic rings. The van der Waals surface area contributed by atoms with Crippen LogP contribution in [0.5, 0.6) is 0 Å².